The van der Waals surface area contributed by atoms with E-state index in [1.807, 2.05) is 6.07 Å². The number of nitrogens with zero attached hydrogens (tertiary/aromatic N) is 2. The van der Waals surface area contributed by atoms with Crippen LogP contribution in [0.25, 0.3) is 0 Å². The standard InChI is InChI=1S/C17H23F2N3O2/c1-24-16-3-2-12(8-14(16)19)11-21-4-6-22(7-5-21)17(23)15-9-13(18)10-20-15/h2-3,8,13,15,20H,4-7,9-11H2,1H3/t13-,15+/m0/s1. The zero-order valence-electron chi connectivity index (χ0n) is 13.8. The number of nitrogens with one attached hydrogen (secondary N) is 1. The first-order valence-corrected chi connectivity index (χ1v) is 8.28. The van der Waals surface area contributed by atoms with Crippen LogP contribution in [0.2, 0.25) is 0 Å². The molecule has 0 aliphatic carbocycles. The van der Waals surface area contributed by atoms with Gasteiger partial charge in [-0.3, -0.25) is 9.69 Å². The van der Waals surface area contributed by atoms with Crippen LogP contribution in [0.4, 0.5) is 8.78 Å². The number of halogens is 2. The Balaban J connectivity index is 1.50. The smallest absolute Gasteiger partial charge is 0.239 e. The number of hydrogen-bond donors (Lipinski definition) is 1. The van der Waals surface area contributed by atoms with Gasteiger partial charge in [0.25, 0.3) is 0 Å². The van der Waals surface area contributed by atoms with E-state index in [4.69, 9.17) is 4.74 Å². The van der Waals surface area contributed by atoms with E-state index in [2.05, 4.69) is 10.2 Å². The number of benzene rings is 1. The van der Waals surface area contributed by atoms with Gasteiger partial charge in [0.2, 0.25) is 5.91 Å². The van der Waals surface area contributed by atoms with Crippen molar-refractivity contribution in [1.82, 2.24) is 15.1 Å². The predicted molar refractivity (Wildman–Crippen MR) is 86.1 cm³/mol. The molecule has 2 saturated heterocycles. The van der Waals surface area contributed by atoms with Crippen molar-refractivity contribution in [1.29, 1.82) is 0 Å². The van der Waals surface area contributed by atoms with Crippen molar-refractivity contribution in [3.05, 3.63) is 29.6 Å². The summed E-state index contributed by atoms with van der Waals surface area (Å²) >= 11 is 0. The van der Waals surface area contributed by atoms with Gasteiger partial charge in [-0.25, -0.2) is 8.78 Å². The quantitative estimate of drug-likeness (QED) is 0.895. The van der Waals surface area contributed by atoms with E-state index in [-0.39, 0.29) is 36.5 Å². The molecule has 2 aliphatic heterocycles. The van der Waals surface area contributed by atoms with Crippen molar-refractivity contribution in [2.75, 3.05) is 39.8 Å². The average molecular weight is 339 g/mol. The molecule has 2 atom stereocenters. The lowest BCUT2D eigenvalue weighted by molar-refractivity contribution is -0.135. The number of rotatable bonds is 4. The summed E-state index contributed by atoms with van der Waals surface area (Å²) < 4.78 is 31.9. The molecule has 3 rings (SSSR count). The lowest BCUT2D eigenvalue weighted by Crippen LogP contribution is -2.52. The summed E-state index contributed by atoms with van der Waals surface area (Å²) in [4.78, 5) is 16.3. The molecule has 1 aromatic rings. The van der Waals surface area contributed by atoms with Crippen LogP contribution in [0.15, 0.2) is 18.2 Å². The molecular formula is C17H23F2N3O2. The molecule has 2 aliphatic rings. The molecule has 0 radical (unpaired) electrons. The highest BCUT2D eigenvalue weighted by Gasteiger charge is 2.33. The fraction of sp³-hybridized carbons (Fsp3) is 0.588. The average Bonchev–Trinajstić information content (AvgIpc) is 3.02. The summed E-state index contributed by atoms with van der Waals surface area (Å²) in [6.07, 6.45) is -0.658. The maximum atomic E-state index is 13.7. The molecule has 0 aromatic heterocycles. The van der Waals surface area contributed by atoms with Gasteiger partial charge in [0, 0.05) is 45.7 Å². The Kier molecular flexibility index (Phi) is 5.30. The molecule has 132 valence electrons. The SMILES string of the molecule is COc1ccc(CN2CCN(C(=O)[C@H]3C[C@H](F)CN3)CC2)cc1F. The second kappa shape index (κ2) is 7.44. The van der Waals surface area contributed by atoms with Gasteiger partial charge in [-0.1, -0.05) is 6.07 Å². The highest BCUT2D eigenvalue weighted by Crippen LogP contribution is 2.19. The zero-order valence-corrected chi connectivity index (χ0v) is 13.8. The molecule has 1 N–H and O–H groups in total. The summed E-state index contributed by atoms with van der Waals surface area (Å²) in [5, 5.41) is 2.94. The number of methoxy groups -OCH3 is 1. The van der Waals surface area contributed by atoms with Crippen molar-refractivity contribution in [2.24, 2.45) is 0 Å². The van der Waals surface area contributed by atoms with Gasteiger partial charge >= 0.3 is 0 Å². The number of alkyl halides is 1. The molecule has 0 spiro atoms. The predicted octanol–water partition coefficient (Wildman–Crippen LogP) is 1.18. The molecule has 1 amide bonds. The van der Waals surface area contributed by atoms with Crippen LogP contribution >= 0.6 is 0 Å². The Bertz CT molecular complexity index is 591. The van der Waals surface area contributed by atoms with Gasteiger partial charge in [0.1, 0.15) is 6.17 Å². The summed E-state index contributed by atoms with van der Waals surface area (Å²) in [7, 11) is 1.44. The highest BCUT2D eigenvalue weighted by atomic mass is 19.1. The monoisotopic (exact) mass is 339 g/mol. The second-order valence-corrected chi connectivity index (χ2v) is 6.36. The molecule has 0 bridgehead atoms. The number of carbonyl (C=O) groups is 1. The van der Waals surface area contributed by atoms with E-state index >= 15 is 0 Å². The van der Waals surface area contributed by atoms with Crippen molar-refractivity contribution in [2.45, 2.75) is 25.2 Å². The summed E-state index contributed by atoms with van der Waals surface area (Å²) in [5.41, 5.74) is 0.880. The number of amides is 1. The summed E-state index contributed by atoms with van der Waals surface area (Å²) in [6, 6.07) is 4.58. The number of ether oxygens (including phenoxy) is 1. The maximum Gasteiger partial charge on any atom is 0.239 e. The van der Waals surface area contributed by atoms with E-state index in [1.165, 1.54) is 13.2 Å². The molecule has 5 nitrogen and oxygen atoms in total. The van der Waals surface area contributed by atoms with E-state index < -0.39 is 6.17 Å². The van der Waals surface area contributed by atoms with Gasteiger partial charge < -0.3 is 15.0 Å². The minimum absolute atomic E-state index is 0.00899. The fourth-order valence-corrected chi connectivity index (χ4v) is 3.29. The third kappa shape index (κ3) is 3.84. The molecule has 24 heavy (non-hydrogen) atoms. The maximum absolute atomic E-state index is 13.7. The van der Waals surface area contributed by atoms with Crippen molar-refractivity contribution < 1.29 is 18.3 Å². The second-order valence-electron chi connectivity index (χ2n) is 6.36. The minimum Gasteiger partial charge on any atom is -0.494 e. The third-order valence-corrected chi connectivity index (χ3v) is 4.68. The van der Waals surface area contributed by atoms with Crippen LogP contribution in [-0.2, 0) is 11.3 Å². The zero-order chi connectivity index (χ0) is 17.1. The van der Waals surface area contributed by atoms with Crippen LogP contribution in [-0.4, -0.2) is 67.8 Å². The van der Waals surface area contributed by atoms with Crippen LogP contribution in [0.1, 0.15) is 12.0 Å². The Morgan fingerprint density at radius 2 is 2.08 bits per heavy atom. The Morgan fingerprint density at radius 1 is 1.33 bits per heavy atom. The van der Waals surface area contributed by atoms with Crippen LogP contribution in [0, 0.1) is 5.82 Å². The van der Waals surface area contributed by atoms with E-state index in [0.29, 0.717) is 19.6 Å². The molecule has 0 unspecified atom stereocenters. The number of carbonyl (C=O) groups excluding carboxylic acids is 1. The van der Waals surface area contributed by atoms with Crippen LogP contribution in [0.3, 0.4) is 0 Å². The van der Waals surface area contributed by atoms with Crippen molar-refractivity contribution in [3.63, 3.8) is 0 Å². The van der Waals surface area contributed by atoms with Crippen molar-refractivity contribution in [3.8, 4) is 5.75 Å². The van der Waals surface area contributed by atoms with E-state index in [1.54, 1.807) is 11.0 Å². The molecule has 7 heteroatoms. The van der Waals surface area contributed by atoms with Gasteiger partial charge in [-0.15, -0.1) is 0 Å². The lowest BCUT2D eigenvalue weighted by Gasteiger charge is -2.36. The largest absolute Gasteiger partial charge is 0.494 e. The molecule has 0 saturated carbocycles. The molecule has 2 fully saturated rings. The van der Waals surface area contributed by atoms with E-state index in [9.17, 15) is 13.6 Å². The van der Waals surface area contributed by atoms with E-state index in [0.717, 1.165) is 18.7 Å². The molecular weight excluding hydrogens is 316 g/mol. The molecule has 2 heterocycles. The van der Waals surface area contributed by atoms with Gasteiger partial charge in [-0.2, -0.15) is 0 Å². The summed E-state index contributed by atoms with van der Waals surface area (Å²) in [6.45, 7) is 3.59. The topological polar surface area (TPSA) is 44.8 Å². The Labute approximate surface area is 140 Å². The number of hydrogen-bond acceptors (Lipinski definition) is 4. The first kappa shape index (κ1) is 17.1. The lowest BCUT2D eigenvalue weighted by atomic mass is 10.1. The first-order valence-electron chi connectivity index (χ1n) is 8.28. The Hall–Kier alpha value is -1.73. The summed E-state index contributed by atoms with van der Waals surface area (Å²) in [5.74, 6) is -0.133. The van der Waals surface area contributed by atoms with Crippen LogP contribution < -0.4 is 10.1 Å². The minimum atomic E-state index is -0.926. The highest BCUT2D eigenvalue weighted by molar-refractivity contribution is 5.82. The molecule has 1 aromatic carbocycles. The van der Waals surface area contributed by atoms with Gasteiger partial charge in [0.15, 0.2) is 11.6 Å². The van der Waals surface area contributed by atoms with Crippen molar-refractivity contribution >= 4 is 5.91 Å². The first-order chi connectivity index (χ1) is 11.6. The van der Waals surface area contributed by atoms with Crippen LogP contribution in [0.5, 0.6) is 5.75 Å². The van der Waals surface area contributed by atoms with Gasteiger partial charge in [-0.05, 0) is 17.7 Å². The normalized spacial score (nSPS) is 25.0. The fourth-order valence-electron chi connectivity index (χ4n) is 3.29. The third-order valence-electron chi connectivity index (χ3n) is 4.68. The number of piperazine rings is 1. The Morgan fingerprint density at radius 3 is 2.67 bits per heavy atom. The van der Waals surface area contributed by atoms with Gasteiger partial charge in [0.05, 0.1) is 13.2 Å².